The minimum Gasteiger partial charge on any atom is -0.241 e. The average Bonchev–Trinajstić information content (AvgIpc) is 2.87. The lowest BCUT2D eigenvalue weighted by atomic mass is 10.1. The predicted octanol–water partition coefficient (Wildman–Crippen LogP) is 2.27. The molecule has 1 aliphatic carbocycles. The molecule has 0 spiro atoms. The standard InChI is InChI=1S/C10H8FO2/c11-9-7(6-4-5-6)2-1-3-8(9)10(12)13/h1-3,6H,4-5H2. The zero-order chi connectivity index (χ0) is 9.42. The molecule has 3 heteroatoms. The third-order valence-electron chi connectivity index (χ3n) is 2.27. The molecule has 1 fully saturated rings. The molecule has 0 saturated heterocycles. The van der Waals surface area contributed by atoms with Crippen molar-refractivity contribution in [2.24, 2.45) is 0 Å². The minimum absolute atomic E-state index is 0.222. The van der Waals surface area contributed by atoms with Gasteiger partial charge < -0.3 is 0 Å². The SMILES string of the molecule is [O]C(=O)c1cccc(C2CC2)c1F. The highest BCUT2D eigenvalue weighted by Gasteiger charge is 2.28. The molecule has 0 amide bonds. The highest BCUT2D eigenvalue weighted by molar-refractivity contribution is 5.87. The number of carbonyl (C=O) groups is 1. The van der Waals surface area contributed by atoms with E-state index in [4.69, 9.17) is 0 Å². The van der Waals surface area contributed by atoms with Crippen molar-refractivity contribution in [2.75, 3.05) is 0 Å². The van der Waals surface area contributed by atoms with E-state index in [-0.39, 0.29) is 11.5 Å². The maximum Gasteiger partial charge on any atom is 0.389 e. The molecule has 0 heterocycles. The fraction of sp³-hybridized carbons (Fsp3) is 0.300. The number of halogens is 1. The van der Waals surface area contributed by atoms with Gasteiger partial charge >= 0.3 is 5.97 Å². The Kier molecular flexibility index (Phi) is 1.79. The Hall–Kier alpha value is -1.38. The van der Waals surface area contributed by atoms with E-state index in [1.165, 1.54) is 6.07 Å². The van der Waals surface area contributed by atoms with Gasteiger partial charge in [0.2, 0.25) is 0 Å². The maximum atomic E-state index is 13.4. The summed E-state index contributed by atoms with van der Waals surface area (Å²) in [5.41, 5.74) is 0.186. The predicted molar refractivity (Wildman–Crippen MR) is 43.4 cm³/mol. The summed E-state index contributed by atoms with van der Waals surface area (Å²) in [4.78, 5) is 10.5. The molecular formula is C10H8FO2. The molecule has 1 aromatic rings. The molecule has 1 saturated carbocycles. The molecule has 1 aliphatic rings. The lowest BCUT2D eigenvalue weighted by Gasteiger charge is -2.01. The summed E-state index contributed by atoms with van der Waals surface area (Å²) in [6.45, 7) is 0. The van der Waals surface area contributed by atoms with E-state index >= 15 is 0 Å². The van der Waals surface area contributed by atoms with Crippen LogP contribution in [0.1, 0.15) is 34.7 Å². The van der Waals surface area contributed by atoms with E-state index in [0.29, 0.717) is 5.56 Å². The molecule has 1 aromatic carbocycles. The summed E-state index contributed by atoms with van der Waals surface area (Å²) >= 11 is 0. The van der Waals surface area contributed by atoms with Gasteiger partial charge in [0, 0.05) is 0 Å². The molecule has 1 radical (unpaired) electrons. The first-order valence-electron chi connectivity index (χ1n) is 4.20. The van der Waals surface area contributed by atoms with Crippen LogP contribution in [0.15, 0.2) is 18.2 Å². The lowest BCUT2D eigenvalue weighted by molar-refractivity contribution is 0.0567. The molecule has 67 valence electrons. The van der Waals surface area contributed by atoms with Crippen LogP contribution in [-0.4, -0.2) is 5.97 Å². The topological polar surface area (TPSA) is 37.0 Å². The summed E-state index contributed by atoms with van der Waals surface area (Å²) in [5, 5.41) is 10.5. The van der Waals surface area contributed by atoms with Gasteiger partial charge in [0.1, 0.15) is 11.4 Å². The molecular weight excluding hydrogens is 171 g/mol. The maximum absolute atomic E-state index is 13.4. The minimum atomic E-state index is -1.44. The van der Waals surface area contributed by atoms with Crippen LogP contribution in [0, 0.1) is 5.82 Å². The van der Waals surface area contributed by atoms with Gasteiger partial charge in [0.15, 0.2) is 0 Å². The van der Waals surface area contributed by atoms with E-state index < -0.39 is 11.8 Å². The molecule has 13 heavy (non-hydrogen) atoms. The second-order valence-electron chi connectivity index (χ2n) is 3.27. The molecule has 0 aromatic heterocycles. The van der Waals surface area contributed by atoms with Gasteiger partial charge in [-0.3, -0.25) is 0 Å². The highest BCUT2D eigenvalue weighted by atomic mass is 19.1. The Labute approximate surface area is 75.0 Å². The number of carbonyl (C=O) groups excluding carboxylic acids is 1. The van der Waals surface area contributed by atoms with E-state index in [1.54, 1.807) is 12.1 Å². The van der Waals surface area contributed by atoms with Crippen LogP contribution >= 0.6 is 0 Å². The highest BCUT2D eigenvalue weighted by Crippen LogP contribution is 2.41. The van der Waals surface area contributed by atoms with Gasteiger partial charge in [-0.05, 0) is 30.4 Å². The number of hydrogen-bond donors (Lipinski definition) is 0. The van der Waals surface area contributed by atoms with E-state index in [1.807, 2.05) is 0 Å². The molecule has 0 aliphatic heterocycles. The Morgan fingerprint density at radius 1 is 1.38 bits per heavy atom. The first-order chi connectivity index (χ1) is 6.20. The average molecular weight is 179 g/mol. The molecule has 0 bridgehead atoms. The third kappa shape index (κ3) is 1.41. The monoisotopic (exact) mass is 179 g/mol. The third-order valence-corrected chi connectivity index (χ3v) is 2.27. The van der Waals surface area contributed by atoms with Gasteiger partial charge in [-0.25, -0.2) is 14.3 Å². The van der Waals surface area contributed by atoms with Crippen molar-refractivity contribution in [3.05, 3.63) is 35.1 Å². The van der Waals surface area contributed by atoms with Crippen LogP contribution in [0.25, 0.3) is 0 Å². The summed E-state index contributed by atoms with van der Waals surface area (Å²) in [5.74, 6) is -1.84. The number of benzene rings is 1. The number of rotatable bonds is 2. The van der Waals surface area contributed by atoms with Crippen molar-refractivity contribution in [2.45, 2.75) is 18.8 Å². The summed E-state index contributed by atoms with van der Waals surface area (Å²) in [7, 11) is 0. The fourth-order valence-electron chi connectivity index (χ4n) is 1.42. The smallest absolute Gasteiger partial charge is 0.241 e. The second-order valence-corrected chi connectivity index (χ2v) is 3.27. The van der Waals surface area contributed by atoms with E-state index in [9.17, 15) is 14.3 Å². The normalized spacial score (nSPS) is 15.8. The number of hydrogen-bond acceptors (Lipinski definition) is 1. The Bertz CT molecular complexity index is 356. The Balaban J connectivity index is 2.47. The summed E-state index contributed by atoms with van der Waals surface area (Å²) < 4.78 is 13.4. The van der Waals surface area contributed by atoms with Crippen LogP contribution in [0.2, 0.25) is 0 Å². The van der Waals surface area contributed by atoms with E-state index in [0.717, 1.165) is 12.8 Å². The van der Waals surface area contributed by atoms with Crippen molar-refractivity contribution in [1.29, 1.82) is 0 Å². The molecule has 0 unspecified atom stereocenters. The Morgan fingerprint density at radius 3 is 2.62 bits per heavy atom. The van der Waals surface area contributed by atoms with Crippen molar-refractivity contribution in [3.8, 4) is 0 Å². The summed E-state index contributed by atoms with van der Waals surface area (Å²) in [6.07, 6.45) is 1.90. The first kappa shape index (κ1) is 8.23. The molecule has 2 rings (SSSR count). The van der Waals surface area contributed by atoms with E-state index in [2.05, 4.69) is 0 Å². The van der Waals surface area contributed by atoms with Crippen molar-refractivity contribution >= 4 is 5.97 Å². The van der Waals surface area contributed by atoms with Crippen molar-refractivity contribution in [1.82, 2.24) is 0 Å². The second kappa shape index (κ2) is 2.83. The van der Waals surface area contributed by atoms with Gasteiger partial charge in [-0.15, -0.1) is 0 Å². The van der Waals surface area contributed by atoms with Gasteiger partial charge in [0.05, 0.1) is 0 Å². The van der Waals surface area contributed by atoms with Crippen LogP contribution in [0.5, 0.6) is 0 Å². The Morgan fingerprint density at radius 2 is 2.08 bits per heavy atom. The molecule has 0 atom stereocenters. The van der Waals surface area contributed by atoms with Gasteiger partial charge in [-0.2, -0.15) is 0 Å². The largest absolute Gasteiger partial charge is 0.389 e. The van der Waals surface area contributed by atoms with Crippen LogP contribution in [0.3, 0.4) is 0 Å². The summed E-state index contributed by atoms with van der Waals surface area (Å²) in [6, 6.07) is 4.43. The first-order valence-corrected chi connectivity index (χ1v) is 4.20. The molecule has 2 nitrogen and oxygen atoms in total. The van der Waals surface area contributed by atoms with Crippen LogP contribution in [0.4, 0.5) is 4.39 Å². The molecule has 0 N–H and O–H groups in total. The van der Waals surface area contributed by atoms with Crippen LogP contribution in [-0.2, 0) is 5.11 Å². The zero-order valence-electron chi connectivity index (χ0n) is 6.92. The quantitative estimate of drug-likeness (QED) is 0.686. The lowest BCUT2D eigenvalue weighted by Crippen LogP contribution is -2.01. The van der Waals surface area contributed by atoms with Crippen molar-refractivity contribution in [3.63, 3.8) is 0 Å². The van der Waals surface area contributed by atoms with Crippen LogP contribution < -0.4 is 0 Å². The fourth-order valence-corrected chi connectivity index (χ4v) is 1.42. The van der Waals surface area contributed by atoms with Crippen molar-refractivity contribution < 1.29 is 14.3 Å². The van der Waals surface area contributed by atoms with Gasteiger partial charge in [-0.1, -0.05) is 12.1 Å². The zero-order valence-corrected chi connectivity index (χ0v) is 6.92. The van der Waals surface area contributed by atoms with Gasteiger partial charge in [0.25, 0.3) is 0 Å².